The molecule has 6 heteroatoms. The van der Waals surface area contributed by atoms with Gasteiger partial charge < -0.3 is 5.73 Å². The molecule has 0 aliphatic heterocycles. The number of sulfonamides is 1. The van der Waals surface area contributed by atoms with E-state index in [0.717, 1.165) is 25.7 Å². The van der Waals surface area contributed by atoms with Gasteiger partial charge in [0.25, 0.3) is 0 Å². The zero-order valence-corrected chi connectivity index (χ0v) is 12.5. The zero-order valence-electron chi connectivity index (χ0n) is 10.9. The molecule has 1 aliphatic rings. The van der Waals surface area contributed by atoms with Crippen molar-refractivity contribution in [2.24, 2.45) is 5.92 Å². The number of rotatable bonds is 3. The molecule has 0 bridgehead atoms. The van der Waals surface area contributed by atoms with Gasteiger partial charge in [0.15, 0.2) is 0 Å². The normalized spacial score (nSPS) is 24.3. The number of nitrogens with one attached hydrogen (secondary N) is 1. The summed E-state index contributed by atoms with van der Waals surface area (Å²) in [5.74, 6) is 0.553. The van der Waals surface area contributed by atoms with E-state index >= 15 is 0 Å². The largest absolute Gasteiger partial charge is 0.399 e. The van der Waals surface area contributed by atoms with E-state index in [1.54, 1.807) is 6.07 Å². The topological polar surface area (TPSA) is 72.2 Å². The lowest BCUT2D eigenvalue weighted by Gasteiger charge is -2.27. The van der Waals surface area contributed by atoms with Crippen molar-refractivity contribution in [2.75, 3.05) is 5.73 Å². The highest BCUT2D eigenvalue weighted by molar-refractivity contribution is 7.89. The minimum absolute atomic E-state index is 0.00810. The van der Waals surface area contributed by atoms with Crippen molar-refractivity contribution in [2.45, 2.75) is 43.5 Å². The third-order valence-corrected chi connectivity index (χ3v) is 5.51. The van der Waals surface area contributed by atoms with Crippen molar-refractivity contribution < 1.29 is 8.42 Å². The van der Waals surface area contributed by atoms with Crippen LogP contribution in [0.3, 0.4) is 0 Å². The maximum atomic E-state index is 12.3. The Bertz CT molecular complexity index is 560. The second-order valence-corrected chi connectivity index (χ2v) is 7.37. The highest BCUT2D eigenvalue weighted by Crippen LogP contribution is 2.27. The first-order valence-electron chi connectivity index (χ1n) is 6.46. The first-order chi connectivity index (χ1) is 8.88. The molecule has 1 fully saturated rings. The molecule has 0 spiro atoms. The summed E-state index contributed by atoms with van der Waals surface area (Å²) in [6.07, 6.45) is 3.97. The molecule has 1 aliphatic carbocycles. The summed E-state index contributed by atoms with van der Waals surface area (Å²) < 4.78 is 27.4. The Labute approximate surface area is 119 Å². The van der Waals surface area contributed by atoms with Crippen molar-refractivity contribution >= 4 is 27.3 Å². The smallest absolute Gasteiger partial charge is 0.242 e. The maximum Gasteiger partial charge on any atom is 0.242 e. The third-order valence-electron chi connectivity index (χ3n) is 3.50. The Hall–Kier alpha value is -0.780. The first kappa shape index (κ1) is 14.6. The third kappa shape index (κ3) is 3.61. The van der Waals surface area contributed by atoms with Crippen LogP contribution in [0.15, 0.2) is 23.1 Å². The summed E-state index contributed by atoms with van der Waals surface area (Å²) in [5, 5.41) is 0.200. The van der Waals surface area contributed by atoms with Crippen molar-refractivity contribution in [3.05, 3.63) is 23.2 Å². The highest BCUT2D eigenvalue weighted by atomic mass is 35.5. The molecule has 1 saturated carbocycles. The predicted molar refractivity (Wildman–Crippen MR) is 77.6 cm³/mol. The number of benzene rings is 1. The van der Waals surface area contributed by atoms with Gasteiger partial charge in [-0.3, -0.25) is 0 Å². The summed E-state index contributed by atoms with van der Waals surface area (Å²) in [6.45, 7) is 2.15. The van der Waals surface area contributed by atoms with E-state index in [1.807, 2.05) is 0 Å². The van der Waals surface area contributed by atoms with Gasteiger partial charge in [-0.2, -0.15) is 0 Å². The van der Waals surface area contributed by atoms with Gasteiger partial charge in [-0.15, -0.1) is 0 Å². The Morgan fingerprint density at radius 3 is 2.79 bits per heavy atom. The molecule has 4 nitrogen and oxygen atoms in total. The first-order valence-corrected chi connectivity index (χ1v) is 8.32. The summed E-state index contributed by atoms with van der Waals surface area (Å²) in [7, 11) is -3.60. The van der Waals surface area contributed by atoms with Crippen LogP contribution < -0.4 is 10.5 Å². The lowest BCUT2D eigenvalue weighted by molar-refractivity contribution is 0.327. The Morgan fingerprint density at radius 2 is 2.11 bits per heavy atom. The Morgan fingerprint density at radius 1 is 1.37 bits per heavy atom. The molecular formula is C13H19ClN2O2S. The van der Waals surface area contributed by atoms with E-state index < -0.39 is 10.0 Å². The van der Waals surface area contributed by atoms with Crippen LogP contribution >= 0.6 is 11.6 Å². The van der Waals surface area contributed by atoms with Gasteiger partial charge in [-0.1, -0.05) is 31.4 Å². The molecule has 19 heavy (non-hydrogen) atoms. The molecule has 0 saturated heterocycles. The van der Waals surface area contributed by atoms with Crippen LogP contribution in [0.2, 0.25) is 5.02 Å². The van der Waals surface area contributed by atoms with Crippen LogP contribution in [0.4, 0.5) is 5.69 Å². The van der Waals surface area contributed by atoms with Crippen LogP contribution in [0, 0.1) is 5.92 Å². The quantitative estimate of drug-likeness (QED) is 0.843. The van der Waals surface area contributed by atoms with E-state index in [9.17, 15) is 8.42 Å². The van der Waals surface area contributed by atoms with Gasteiger partial charge in [0.1, 0.15) is 4.90 Å². The molecule has 2 atom stereocenters. The predicted octanol–water partition coefficient (Wildman–Crippen LogP) is 2.78. The number of nitrogen functional groups attached to an aromatic ring is 1. The summed E-state index contributed by atoms with van der Waals surface area (Å²) in [6, 6.07) is 4.49. The average Bonchev–Trinajstić information content (AvgIpc) is 2.31. The fraction of sp³-hybridized carbons (Fsp3) is 0.538. The van der Waals surface area contributed by atoms with Gasteiger partial charge in [-0.25, -0.2) is 13.1 Å². The molecule has 2 rings (SSSR count). The van der Waals surface area contributed by atoms with Crippen LogP contribution in [0.1, 0.15) is 32.6 Å². The van der Waals surface area contributed by atoms with Gasteiger partial charge in [0, 0.05) is 11.7 Å². The summed E-state index contributed by atoms with van der Waals surface area (Å²) in [5.41, 5.74) is 6.02. The highest BCUT2D eigenvalue weighted by Gasteiger charge is 2.26. The monoisotopic (exact) mass is 302 g/mol. The van der Waals surface area contributed by atoms with Crippen LogP contribution in [0.5, 0.6) is 0 Å². The minimum atomic E-state index is -3.60. The molecule has 3 N–H and O–H groups in total. The lowest BCUT2D eigenvalue weighted by atomic mass is 9.88. The van der Waals surface area contributed by atoms with Gasteiger partial charge in [0.2, 0.25) is 10.0 Å². The minimum Gasteiger partial charge on any atom is -0.399 e. The van der Waals surface area contributed by atoms with Gasteiger partial charge in [-0.05, 0) is 37.0 Å². The number of anilines is 1. The van der Waals surface area contributed by atoms with E-state index in [1.165, 1.54) is 12.1 Å². The zero-order chi connectivity index (χ0) is 14.0. The molecule has 2 unspecified atom stereocenters. The van der Waals surface area contributed by atoms with E-state index in [0.29, 0.717) is 11.6 Å². The average molecular weight is 303 g/mol. The van der Waals surface area contributed by atoms with Crippen molar-refractivity contribution in [1.29, 1.82) is 0 Å². The molecule has 0 amide bonds. The Kier molecular flexibility index (Phi) is 4.38. The standard InChI is InChI=1S/C13H19ClN2O2S/c1-9-3-2-4-11(7-9)16-19(17,18)13-8-10(15)5-6-12(13)14/h5-6,8-9,11,16H,2-4,7,15H2,1H3. The fourth-order valence-corrected chi connectivity index (χ4v) is 4.37. The lowest BCUT2D eigenvalue weighted by Crippen LogP contribution is -2.38. The van der Waals surface area contributed by atoms with Crippen molar-refractivity contribution in [1.82, 2.24) is 4.72 Å². The second kappa shape index (κ2) is 5.69. The molecular weight excluding hydrogens is 284 g/mol. The molecule has 106 valence electrons. The molecule has 1 aromatic carbocycles. The summed E-state index contributed by atoms with van der Waals surface area (Å²) >= 11 is 5.95. The second-order valence-electron chi connectivity index (χ2n) is 5.28. The summed E-state index contributed by atoms with van der Waals surface area (Å²) in [4.78, 5) is 0.0624. The number of nitrogens with two attached hydrogens (primary N) is 1. The molecule has 0 radical (unpaired) electrons. The van der Waals surface area contributed by atoms with Gasteiger partial charge in [0.05, 0.1) is 5.02 Å². The fourth-order valence-electron chi connectivity index (χ4n) is 2.55. The van der Waals surface area contributed by atoms with Crippen molar-refractivity contribution in [3.63, 3.8) is 0 Å². The van der Waals surface area contributed by atoms with E-state index in [2.05, 4.69) is 11.6 Å². The number of hydrogen-bond donors (Lipinski definition) is 2. The van der Waals surface area contributed by atoms with E-state index in [-0.39, 0.29) is 16.0 Å². The van der Waals surface area contributed by atoms with Gasteiger partial charge >= 0.3 is 0 Å². The SMILES string of the molecule is CC1CCCC(NS(=O)(=O)c2cc(N)ccc2Cl)C1. The van der Waals surface area contributed by atoms with Crippen LogP contribution in [0.25, 0.3) is 0 Å². The number of halogens is 1. The number of hydrogen-bond acceptors (Lipinski definition) is 3. The van der Waals surface area contributed by atoms with E-state index in [4.69, 9.17) is 17.3 Å². The van der Waals surface area contributed by atoms with Crippen molar-refractivity contribution in [3.8, 4) is 0 Å². The molecule has 0 aromatic heterocycles. The Balaban J connectivity index is 2.20. The maximum absolute atomic E-state index is 12.3. The van der Waals surface area contributed by atoms with Crippen LogP contribution in [-0.2, 0) is 10.0 Å². The molecule has 1 aromatic rings. The molecule has 0 heterocycles. The van der Waals surface area contributed by atoms with Crippen LogP contribution in [-0.4, -0.2) is 14.5 Å².